The molecule has 1 saturated carbocycles. The van der Waals surface area contributed by atoms with Gasteiger partial charge in [-0.25, -0.2) is 4.99 Å². The summed E-state index contributed by atoms with van der Waals surface area (Å²) in [6.45, 7) is 4.31. The number of allylic oxidation sites excluding steroid dienone is 3. The van der Waals surface area contributed by atoms with E-state index in [1.807, 2.05) is 12.2 Å². The van der Waals surface area contributed by atoms with Crippen molar-refractivity contribution < 1.29 is 23.9 Å². The Hall–Kier alpha value is -0.625. The van der Waals surface area contributed by atoms with Crippen molar-refractivity contribution in [1.82, 2.24) is 0 Å². The van der Waals surface area contributed by atoms with Crippen LogP contribution < -0.4 is 0 Å². The minimum Gasteiger partial charge on any atom is -0.335 e. The zero-order chi connectivity index (χ0) is 20.0. The van der Waals surface area contributed by atoms with Crippen molar-refractivity contribution in [2.24, 2.45) is 17.0 Å². The Morgan fingerprint density at radius 3 is 3.08 bits per heavy atom. The number of hydrogen-bond acceptors (Lipinski definition) is 7. The summed E-state index contributed by atoms with van der Waals surface area (Å²) in [5, 5.41) is 12.4. The summed E-state index contributed by atoms with van der Waals surface area (Å²) in [6.07, 6.45) is 12.4. The van der Waals surface area contributed by atoms with Crippen LogP contribution in [0.4, 0.5) is 0 Å². The predicted octanol–water partition coefficient (Wildman–Crippen LogP) is 3.50. The zero-order valence-corrected chi connectivity index (χ0v) is 16.1. The minimum absolute atomic E-state index is 0.0903. The molecule has 6 nitrogen and oxygen atoms in total. The lowest BCUT2D eigenvalue weighted by molar-refractivity contribution is -0.245. The first kappa shape index (κ1) is 17.5. The quantitative estimate of drug-likeness (QED) is 0.115. The lowest BCUT2D eigenvalue weighted by Gasteiger charge is -2.28. The van der Waals surface area contributed by atoms with Gasteiger partial charge in [-0.1, -0.05) is 25.8 Å². The SMILES string of the molecule is [2H]P([B][3H])SOCC[C@H]1C[C@H](CCC=C)[C@@H]2OC3(C=CC=CC3=NOO)O[C@H]12. The van der Waals surface area contributed by atoms with E-state index >= 15 is 0 Å². The zero-order valence-electron chi connectivity index (χ0n) is 16.4. The molecule has 2 fully saturated rings. The first-order valence-electron chi connectivity index (χ1n) is 9.67. The molecule has 1 radical (unpaired) electrons. The molecular weight excluding hydrogens is 372 g/mol. The third kappa shape index (κ3) is 4.27. The Labute approximate surface area is 163 Å². The van der Waals surface area contributed by atoms with Crippen LogP contribution in [-0.4, -0.2) is 45.7 Å². The molecule has 1 saturated heterocycles. The first-order valence-corrected chi connectivity index (χ1v) is 11.0. The summed E-state index contributed by atoms with van der Waals surface area (Å²) >= 11 is 1.05. The van der Waals surface area contributed by atoms with Crippen LogP contribution in [0, 0.1) is 11.8 Å². The van der Waals surface area contributed by atoms with Gasteiger partial charge in [-0.05, 0) is 56.2 Å². The molecule has 0 amide bonds. The molecule has 0 aromatic carbocycles. The van der Waals surface area contributed by atoms with E-state index in [2.05, 4.69) is 16.7 Å². The molecule has 1 heterocycles. The Balaban J connectivity index is 1.68. The Morgan fingerprint density at radius 1 is 1.54 bits per heavy atom. The van der Waals surface area contributed by atoms with Crippen LogP contribution in [0.3, 0.4) is 0 Å². The van der Waals surface area contributed by atoms with Gasteiger partial charge in [-0.15, -0.1) is 6.58 Å². The summed E-state index contributed by atoms with van der Waals surface area (Å²) in [4.78, 5) is 3.99. The normalized spacial score (nSPS) is 38.9. The van der Waals surface area contributed by atoms with Gasteiger partial charge in [-0.3, -0.25) is 0 Å². The highest BCUT2D eigenvalue weighted by atomic mass is 32.7. The smallest absolute Gasteiger partial charge is 0.237 e. The maximum Gasteiger partial charge on any atom is 0.237 e. The van der Waals surface area contributed by atoms with Gasteiger partial charge in [0.25, 0.3) is 0 Å². The molecular formula is C17H24BNO5PS. The van der Waals surface area contributed by atoms with Crippen molar-refractivity contribution in [2.75, 3.05) is 6.61 Å². The van der Waals surface area contributed by atoms with Crippen LogP contribution in [0.2, 0.25) is 0 Å². The lowest BCUT2D eigenvalue weighted by Crippen LogP contribution is -2.40. The second-order valence-electron chi connectivity index (χ2n) is 6.52. The molecule has 141 valence electrons. The number of oxime groups is 1. The average molecular weight is 399 g/mol. The predicted molar refractivity (Wildman–Crippen MR) is 107 cm³/mol. The standard InChI is InChI=1S/C17H24BNO5PS/c1-2-3-6-12-11-13(8-10-21-26-25-18)16-15(12)22-17(23-16)9-5-4-7-14(17)19-24-20/h2,4-5,7,9,12-13,15-16,18,20,25H,1,3,6,8,10-11H2/t12-,13-,15-,16+,17?,25?/m0/s1/i18T,25D. The van der Waals surface area contributed by atoms with E-state index in [0.717, 1.165) is 44.9 Å². The molecule has 0 aromatic heterocycles. The van der Waals surface area contributed by atoms with Gasteiger partial charge in [0, 0.05) is 11.7 Å². The Morgan fingerprint density at radius 2 is 2.35 bits per heavy atom. The molecule has 0 bridgehead atoms. The van der Waals surface area contributed by atoms with Gasteiger partial charge in [0.2, 0.25) is 5.79 Å². The van der Waals surface area contributed by atoms with Gasteiger partial charge >= 0.3 is 0 Å². The maximum absolute atomic E-state index is 8.78. The van der Waals surface area contributed by atoms with E-state index in [1.165, 1.54) is 0 Å². The second-order valence-corrected chi connectivity index (χ2v) is 8.20. The first-order chi connectivity index (χ1) is 13.6. The van der Waals surface area contributed by atoms with Gasteiger partial charge in [0.05, 0.1) is 20.1 Å². The average Bonchev–Trinajstić information content (AvgIpc) is 3.22. The molecule has 1 N–H and O–H groups in total. The van der Waals surface area contributed by atoms with Crippen molar-refractivity contribution >= 4 is 32.5 Å². The van der Waals surface area contributed by atoms with Crippen molar-refractivity contribution in [3.63, 3.8) is 0 Å². The summed E-state index contributed by atoms with van der Waals surface area (Å²) < 4.78 is 32.9. The fourth-order valence-corrected chi connectivity index (χ4v) is 4.62. The summed E-state index contributed by atoms with van der Waals surface area (Å²) in [5.41, 5.74) is 0.366. The topological polar surface area (TPSA) is 69.5 Å². The Kier molecular flexibility index (Phi) is 6.41. The van der Waals surface area contributed by atoms with Crippen LogP contribution in [0.1, 0.15) is 25.7 Å². The van der Waals surface area contributed by atoms with E-state index in [0.29, 0.717) is 18.2 Å². The van der Waals surface area contributed by atoms with Crippen LogP contribution in [0.25, 0.3) is 0 Å². The number of rotatable bonds is 10. The third-order valence-electron chi connectivity index (χ3n) is 5.07. The number of nitrogens with zero attached hydrogens (tertiary/aromatic N) is 1. The Bertz CT molecular complexity index is 643. The minimum atomic E-state index is -1.31. The van der Waals surface area contributed by atoms with Crippen molar-refractivity contribution in [2.45, 2.75) is 43.7 Å². The van der Waals surface area contributed by atoms with E-state index in [9.17, 15) is 0 Å². The molecule has 1 aliphatic heterocycles. The van der Waals surface area contributed by atoms with E-state index in [1.54, 1.807) is 18.2 Å². The largest absolute Gasteiger partial charge is 0.335 e. The molecule has 0 aromatic rings. The number of ether oxygens (including phenoxy) is 2. The van der Waals surface area contributed by atoms with E-state index in [4.69, 9.17) is 21.5 Å². The molecule has 3 aliphatic rings. The van der Waals surface area contributed by atoms with E-state index < -0.39 is 13.4 Å². The molecule has 2 unspecified atom stereocenters. The molecule has 2 aliphatic carbocycles. The van der Waals surface area contributed by atoms with Gasteiger partial charge in [-0.2, -0.15) is 5.26 Å². The highest BCUT2D eigenvalue weighted by Crippen LogP contribution is 2.49. The number of hydrogen-bond donors (Lipinski definition) is 1. The van der Waals surface area contributed by atoms with Gasteiger partial charge < -0.3 is 13.7 Å². The third-order valence-corrected chi connectivity index (χ3v) is 6.00. The highest BCUT2D eigenvalue weighted by Gasteiger charge is 2.57. The monoisotopic (exact) mass is 399 g/mol. The fraction of sp³-hybridized carbons (Fsp3) is 0.588. The molecule has 1 spiro atoms. The van der Waals surface area contributed by atoms with Crippen molar-refractivity contribution in [1.29, 1.82) is 2.61 Å². The number of fused-ring (bicyclic) bond motifs is 1. The molecule has 9 heteroatoms. The van der Waals surface area contributed by atoms with Crippen molar-refractivity contribution in [3.8, 4) is 0 Å². The highest BCUT2D eigenvalue weighted by molar-refractivity contribution is 8.53. The second kappa shape index (κ2) is 9.53. The summed E-state index contributed by atoms with van der Waals surface area (Å²) in [7, 11) is -0.208. The van der Waals surface area contributed by atoms with E-state index in [-0.39, 0.29) is 18.1 Å². The molecule has 3 rings (SSSR count). The molecule has 26 heavy (non-hydrogen) atoms. The van der Waals surface area contributed by atoms with Crippen molar-refractivity contribution in [3.05, 3.63) is 37.0 Å². The fourth-order valence-electron chi connectivity index (χ4n) is 3.98. The van der Waals surface area contributed by atoms with Crippen LogP contribution >= 0.6 is 19.3 Å². The van der Waals surface area contributed by atoms with Crippen LogP contribution in [0.5, 0.6) is 0 Å². The molecule has 6 atom stereocenters. The van der Waals surface area contributed by atoms with Crippen LogP contribution in [-0.2, 0) is 18.6 Å². The summed E-state index contributed by atoms with van der Waals surface area (Å²) in [6, 6.07) is 0. The van der Waals surface area contributed by atoms with Gasteiger partial charge in [0.1, 0.15) is 13.2 Å². The lowest BCUT2D eigenvalue weighted by atomic mass is 9.97. The van der Waals surface area contributed by atoms with Gasteiger partial charge in [0.15, 0.2) is 0 Å². The van der Waals surface area contributed by atoms with Crippen LogP contribution in [0.15, 0.2) is 42.1 Å². The summed E-state index contributed by atoms with van der Waals surface area (Å²) in [5.74, 6) is -0.582. The maximum atomic E-state index is 8.78.